The molecule has 1 atom stereocenters. The summed E-state index contributed by atoms with van der Waals surface area (Å²) in [6.45, 7) is 7.53. The van der Waals surface area contributed by atoms with Crippen molar-refractivity contribution in [2.24, 2.45) is 11.8 Å². The van der Waals surface area contributed by atoms with Crippen molar-refractivity contribution in [1.29, 1.82) is 0 Å². The topological polar surface area (TPSA) is 68.8 Å². The summed E-state index contributed by atoms with van der Waals surface area (Å²) in [5, 5.41) is 4.23. The number of aryl methyl sites for hydroxylation is 1. The summed E-state index contributed by atoms with van der Waals surface area (Å²) in [6, 6.07) is 0.258. The molecule has 1 aromatic heterocycles. The van der Waals surface area contributed by atoms with Crippen molar-refractivity contribution < 1.29 is 0 Å². The van der Waals surface area contributed by atoms with Gasteiger partial charge < -0.3 is 0 Å². The van der Waals surface area contributed by atoms with Gasteiger partial charge in [0.2, 0.25) is 0 Å². The number of hydrogen-bond acceptors (Lipinski definition) is 5. The molecule has 0 fully saturated rings. The largest absolute Gasteiger partial charge is 0.271 e. The van der Waals surface area contributed by atoms with Gasteiger partial charge in [-0.1, -0.05) is 20.8 Å². The number of rotatable bonds is 9. The molecule has 1 rings (SSSR count). The molecule has 0 aliphatic heterocycles. The predicted octanol–water partition coefficient (Wildman–Crippen LogP) is 1.45. The third-order valence-corrected chi connectivity index (χ3v) is 4.11. The standard InChI is InChI=1S/C12H25N5S/c1-4-5-17-12(14-9-15-17)6-11(16-13)8-18-7-10(2)3/h9-11,16H,4-8,13H2,1-3H3. The van der Waals surface area contributed by atoms with Gasteiger partial charge in [-0.3, -0.25) is 16.0 Å². The molecule has 0 aromatic carbocycles. The summed E-state index contributed by atoms with van der Waals surface area (Å²) < 4.78 is 1.97. The van der Waals surface area contributed by atoms with Crippen molar-refractivity contribution >= 4 is 11.8 Å². The quantitative estimate of drug-likeness (QED) is 0.525. The van der Waals surface area contributed by atoms with Gasteiger partial charge in [-0.05, 0) is 18.1 Å². The zero-order valence-electron chi connectivity index (χ0n) is 11.6. The van der Waals surface area contributed by atoms with Crippen LogP contribution in [0.2, 0.25) is 0 Å². The lowest BCUT2D eigenvalue weighted by Crippen LogP contribution is -2.39. The molecule has 0 radical (unpaired) electrons. The molecule has 0 saturated heterocycles. The Morgan fingerprint density at radius 1 is 1.44 bits per heavy atom. The number of aromatic nitrogens is 3. The Morgan fingerprint density at radius 3 is 2.83 bits per heavy atom. The highest BCUT2D eigenvalue weighted by Gasteiger charge is 2.12. The lowest BCUT2D eigenvalue weighted by Gasteiger charge is -2.16. The maximum absolute atomic E-state index is 5.61. The molecule has 0 bridgehead atoms. The molecule has 0 amide bonds. The molecular formula is C12H25N5S. The van der Waals surface area contributed by atoms with Crippen molar-refractivity contribution in [2.75, 3.05) is 11.5 Å². The van der Waals surface area contributed by atoms with Gasteiger partial charge in [0.15, 0.2) is 0 Å². The van der Waals surface area contributed by atoms with Crippen molar-refractivity contribution in [2.45, 2.75) is 46.2 Å². The summed E-state index contributed by atoms with van der Waals surface area (Å²) in [6.07, 6.45) is 3.53. The maximum atomic E-state index is 5.61. The maximum Gasteiger partial charge on any atom is 0.138 e. The van der Waals surface area contributed by atoms with Crippen LogP contribution < -0.4 is 11.3 Å². The summed E-state index contributed by atoms with van der Waals surface area (Å²) in [5.74, 6) is 9.52. The highest BCUT2D eigenvalue weighted by Crippen LogP contribution is 2.11. The number of thioether (sulfide) groups is 1. The number of hydrazine groups is 1. The first-order valence-corrected chi connectivity index (χ1v) is 7.73. The predicted molar refractivity (Wildman–Crippen MR) is 77.3 cm³/mol. The van der Waals surface area contributed by atoms with Crippen LogP contribution in [0.15, 0.2) is 6.33 Å². The normalized spacial score (nSPS) is 13.2. The van der Waals surface area contributed by atoms with Crippen molar-refractivity contribution in [3.8, 4) is 0 Å². The molecule has 0 spiro atoms. The van der Waals surface area contributed by atoms with Crippen LogP contribution in [-0.2, 0) is 13.0 Å². The number of nitrogens with two attached hydrogens (primary N) is 1. The van der Waals surface area contributed by atoms with Crippen molar-refractivity contribution in [3.63, 3.8) is 0 Å². The zero-order valence-corrected chi connectivity index (χ0v) is 12.4. The third kappa shape index (κ3) is 5.37. The molecule has 1 heterocycles. The molecule has 18 heavy (non-hydrogen) atoms. The van der Waals surface area contributed by atoms with Crippen LogP contribution in [-0.4, -0.2) is 32.3 Å². The molecule has 3 N–H and O–H groups in total. The number of hydrogen-bond donors (Lipinski definition) is 2. The van der Waals surface area contributed by atoms with E-state index in [0.717, 1.165) is 36.9 Å². The minimum atomic E-state index is 0.258. The van der Waals surface area contributed by atoms with E-state index >= 15 is 0 Å². The number of nitrogens with one attached hydrogen (secondary N) is 1. The van der Waals surface area contributed by atoms with E-state index in [1.165, 1.54) is 5.75 Å². The Morgan fingerprint density at radius 2 is 2.22 bits per heavy atom. The van der Waals surface area contributed by atoms with Gasteiger partial charge in [-0.15, -0.1) is 0 Å². The van der Waals surface area contributed by atoms with Crippen molar-refractivity contribution in [1.82, 2.24) is 20.2 Å². The Balaban J connectivity index is 2.43. The van der Waals surface area contributed by atoms with Gasteiger partial charge in [-0.25, -0.2) is 4.98 Å². The second-order valence-electron chi connectivity index (χ2n) is 4.90. The lowest BCUT2D eigenvalue weighted by molar-refractivity contribution is 0.513. The molecule has 0 saturated carbocycles. The number of nitrogens with zero attached hydrogens (tertiary/aromatic N) is 3. The van der Waals surface area contributed by atoms with E-state index in [2.05, 4.69) is 36.3 Å². The van der Waals surface area contributed by atoms with Crippen LogP contribution in [0.5, 0.6) is 0 Å². The molecule has 104 valence electrons. The third-order valence-electron chi connectivity index (χ3n) is 2.57. The van der Waals surface area contributed by atoms with Crippen LogP contribution in [0.25, 0.3) is 0 Å². The van der Waals surface area contributed by atoms with E-state index in [1.54, 1.807) is 6.33 Å². The molecular weight excluding hydrogens is 246 g/mol. The van der Waals surface area contributed by atoms with E-state index in [4.69, 9.17) is 5.84 Å². The van der Waals surface area contributed by atoms with Gasteiger partial charge in [0.25, 0.3) is 0 Å². The summed E-state index contributed by atoms with van der Waals surface area (Å²) in [7, 11) is 0. The molecule has 1 aromatic rings. The monoisotopic (exact) mass is 271 g/mol. The summed E-state index contributed by atoms with van der Waals surface area (Å²) >= 11 is 1.94. The van der Waals surface area contributed by atoms with Gasteiger partial charge in [-0.2, -0.15) is 16.9 Å². The Kier molecular flexibility index (Phi) is 7.31. The fourth-order valence-corrected chi connectivity index (χ4v) is 2.78. The highest BCUT2D eigenvalue weighted by molar-refractivity contribution is 7.99. The molecule has 1 unspecified atom stereocenters. The van der Waals surface area contributed by atoms with Crippen LogP contribution in [0, 0.1) is 5.92 Å². The fraction of sp³-hybridized carbons (Fsp3) is 0.833. The average Bonchev–Trinajstić information content (AvgIpc) is 2.75. The minimum Gasteiger partial charge on any atom is -0.271 e. The fourth-order valence-electron chi connectivity index (χ4n) is 1.68. The van der Waals surface area contributed by atoms with Crippen molar-refractivity contribution in [3.05, 3.63) is 12.2 Å². The first-order chi connectivity index (χ1) is 8.67. The van der Waals surface area contributed by atoms with Gasteiger partial charge in [0.05, 0.1) is 0 Å². The second kappa shape index (κ2) is 8.50. The smallest absolute Gasteiger partial charge is 0.138 e. The molecule has 6 heteroatoms. The van der Waals surface area contributed by atoms with Gasteiger partial charge >= 0.3 is 0 Å². The molecule has 5 nitrogen and oxygen atoms in total. The van der Waals surface area contributed by atoms with E-state index in [1.807, 2.05) is 16.4 Å². The molecule has 0 aliphatic rings. The van der Waals surface area contributed by atoms with Gasteiger partial charge in [0, 0.05) is 24.8 Å². The lowest BCUT2D eigenvalue weighted by atomic mass is 10.2. The van der Waals surface area contributed by atoms with E-state index in [-0.39, 0.29) is 6.04 Å². The van der Waals surface area contributed by atoms with Gasteiger partial charge in [0.1, 0.15) is 12.2 Å². The van der Waals surface area contributed by atoms with Crippen LogP contribution >= 0.6 is 11.8 Å². The van der Waals surface area contributed by atoms with E-state index in [9.17, 15) is 0 Å². The first kappa shape index (κ1) is 15.5. The Labute approximate surface area is 114 Å². The summed E-state index contributed by atoms with van der Waals surface area (Å²) in [5.41, 5.74) is 2.88. The minimum absolute atomic E-state index is 0.258. The Hall–Kier alpha value is -0.590. The second-order valence-corrected chi connectivity index (χ2v) is 5.97. The van der Waals surface area contributed by atoms with E-state index < -0.39 is 0 Å². The first-order valence-electron chi connectivity index (χ1n) is 6.57. The zero-order chi connectivity index (χ0) is 13.4. The average molecular weight is 271 g/mol. The summed E-state index contributed by atoms with van der Waals surface area (Å²) in [4.78, 5) is 4.31. The molecule has 0 aliphatic carbocycles. The van der Waals surface area contributed by atoms with Crippen LogP contribution in [0.1, 0.15) is 33.0 Å². The van der Waals surface area contributed by atoms with Crippen LogP contribution in [0.4, 0.5) is 0 Å². The highest BCUT2D eigenvalue weighted by atomic mass is 32.2. The van der Waals surface area contributed by atoms with Crippen LogP contribution in [0.3, 0.4) is 0 Å². The van der Waals surface area contributed by atoms with E-state index in [0.29, 0.717) is 0 Å². The SMILES string of the molecule is CCCn1ncnc1CC(CSCC(C)C)NN. The Bertz CT molecular complexity index is 326.